The van der Waals surface area contributed by atoms with Gasteiger partial charge in [0, 0.05) is 17.0 Å². The minimum atomic E-state index is -0.517. The van der Waals surface area contributed by atoms with E-state index in [1.54, 1.807) is 0 Å². The Morgan fingerprint density at radius 1 is 1.41 bits per heavy atom. The number of aryl methyl sites for hydroxylation is 1. The maximum Gasteiger partial charge on any atom is 0.230 e. The number of rotatable bonds is 3. The second-order valence-electron chi connectivity index (χ2n) is 5.00. The Labute approximate surface area is 135 Å². The normalized spacial score (nSPS) is 13.8. The van der Waals surface area contributed by atoms with Crippen LogP contribution < -0.4 is 5.32 Å². The number of nitrogens with one attached hydrogen (secondary N) is 1. The summed E-state index contributed by atoms with van der Waals surface area (Å²) in [5.74, 6) is -0.863. The highest BCUT2D eigenvalue weighted by molar-refractivity contribution is 7.17. The molecule has 1 heterocycles. The van der Waals surface area contributed by atoms with Crippen LogP contribution in [0.2, 0.25) is 5.02 Å². The van der Waals surface area contributed by atoms with Gasteiger partial charge in [-0.05, 0) is 25.0 Å². The summed E-state index contributed by atoms with van der Waals surface area (Å²) in [6.45, 7) is 0. The number of aromatic nitrogens is 1. The lowest BCUT2D eigenvalue weighted by molar-refractivity contribution is -0.115. The molecule has 0 fully saturated rings. The summed E-state index contributed by atoms with van der Waals surface area (Å²) in [5, 5.41) is 3.20. The van der Waals surface area contributed by atoms with Crippen molar-refractivity contribution in [3.05, 3.63) is 45.2 Å². The van der Waals surface area contributed by atoms with Crippen molar-refractivity contribution in [1.29, 1.82) is 0 Å². The number of ketones is 1. The molecule has 0 atom stereocenters. The Hall–Kier alpha value is -1.79. The van der Waals surface area contributed by atoms with Gasteiger partial charge < -0.3 is 5.32 Å². The summed E-state index contributed by atoms with van der Waals surface area (Å²) in [6, 6.07) is 4.28. The molecule has 1 aromatic carbocycles. The van der Waals surface area contributed by atoms with E-state index >= 15 is 0 Å². The fourth-order valence-corrected chi connectivity index (χ4v) is 3.57. The topological polar surface area (TPSA) is 59.1 Å². The third-order valence-electron chi connectivity index (χ3n) is 3.41. The lowest BCUT2D eigenvalue weighted by Gasteiger charge is -2.06. The van der Waals surface area contributed by atoms with Gasteiger partial charge >= 0.3 is 0 Å². The molecule has 0 aliphatic heterocycles. The minimum Gasteiger partial charge on any atom is -0.302 e. The molecule has 1 amide bonds. The SMILES string of the molecule is O=C(Cc1c(F)cccc1Cl)Nc1nc2c(s1)C(=O)CCC2. The van der Waals surface area contributed by atoms with Crippen LogP contribution in [0.15, 0.2) is 18.2 Å². The largest absolute Gasteiger partial charge is 0.302 e. The van der Waals surface area contributed by atoms with Crippen LogP contribution in [0, 0.1) is 5.82 Å². The smallest absolute Gasteiger partial charge is 0.230 e. The minimum absolute atomic E-state index is 0.0661. The third kappa shape index (κ3) is 3.03. The molecular weight excluding hydrogens is 327 g/mol. The summed E-state index contributed by atoms with van der Waals surface area (Å²) in [6.07, 6.45) is 1.87. The number of amides is 1. The standard InChI is InChI=1S/C15H12ClFN2O2S/c16-9-3-1-4-10(17)8(9)7-13(21)19-15-18-11-5-2-6-12(20)14(11)22-15/h1,3-4H,2,5-7H2,(H,18,19,21). The van der Waals surface area contributed by atoms with Crippen molar-refractivity contribution in [2.45, 2.75) is 25.7 Å². The van der Waals surface area contributed by atoms with Crippen molar-refractivity contribution in [3.63, 3.8) is 0 Å². The molecule has 1 aromatic heterocycles. The van der Waals surface area contributed by atoms with Gasteiger partial charge in [-0.2, -0.15) is 0 Å². The number of anilines is 1. The Bertz CT molecular complexity index is 740. The average molecular weight is 339 g/mol. The average Bonchev–Trinajstić information content (AvgIpc) is 2.87. The Balaban J connectivity index is 1.74. The molecule has 0 radical (unpaired) electrons. The number of carbonyl (C=O) groups is 2. The summed E-state index contributed by atoms with van der Waals surface area (Å²) < 4.78 is 13.7. The molecule has 1 N–H and O–H groups in total. The fraction of sp³-hybridized carbons (Fsp3) is 0.267. The van der Waals surface area contributed by atoms with Crippen LogP contribution in [0.1, 0.15) is 33.8 Å². The Morgan fingerprint density at radius 2 is 2.23 bits per heavy atom. The van der Waals surface area contributed by atoms with Gasteiger partial charge in [0.15, 0.2) is 10.9 Å². The van der Waals surface area contributed by atoms with Gasteiger partial charge in [-0.1, -0.05) is 29.0 Å². The predicted molar refractivity (Wildman–Crippen MR) is 83.1 cm³/mol. The Kier molecular flexibility index (Phi) is 4.22. The highest BCUT2D eigenvalue weighted by Gasteiger charge is 2.23. The molecule has 114 valence electrons. The van der Waals surface area contributed by atoms with Gasteiger partial charge in [0.1, 0.15) is 5.82 Å². The third-order valence-corrected chi connectivity index (χ3v) is 4.82. The predicted octanol–water partition coefficient (Wildman–Crippen LogP) is 3.64. The van der Waals surface area contributed by atoms with Gasteiger partial charge in [-0.3, -0.25) is 9.59 Å². The van der Waals surface area contributed by atoms with Crippen molar-refractivity contribution < 1.29 is 14.0 Å². The van der Waals surface area contributed by atoms with Crippen molar-refractivity contribution in [1.82, 2.24) is 4.98 Å². The molecule has 0 bridgehead atoms. The van der Waals surface area contributed by atoms with Crippen molar-refractivity contribution in [2.75, 3.05) is 5.32 Å². The quantitative estimate of drug-likeness (QED) is 0.929. The van der Waals surface area contributed by atoms with Gasteiger partial charge in [-0.15, -0.1) is 0 Å². The first kappa shape index (κ1) is 15.1. The number of Topliss-reactive ketones (excluding diaryl/α,β-unsaturated/α-hetero) is 1. The molecule has 22 heavy (non-hydrogen) atoms. The van der Waals surface area contributed by atoms with Gasteiger partial charge in [-0.25, -0.2) is 9.37 Å². The molecule has 4 nitrogen and oxygen atoms in total. The lowest BCUT2D eigenvalue weighted by Crippen LogP contribution is -2.15. The van der Waals surface area contributed by atoms with E-state index in [2.05, 4.69) is 10.3 Å². The monoisotopic (exact) mass is 338 g/mol. The molecule has 0 unspecified atom stereocenters. The summed E-state index contributed by atoms with van der Waals surface area (Å²) in [4.78, 5) is 28.7. The van der Waals surface area contributed by atoms with E-state index in [1.165, 1.54) is 29.5 Å². The molecular formula is C15H12ClFN2O2S. The van der Waals surface area contributed by atoms with Gasteiger partial charge in [0.2, 0.25) is 5.91 Å². The second kappa shape index (κ2) is 6.14. The number of thiazole rings is 1. The number of nitrogens with zero attached hydrogens (tertiary/aromatic N) is 1. The van der Waals surface area contributed by atoms with E-state index in [0.717, 1.165) is 18.5 Å². The molecule has 0 spiro atoms. The number of carbonyl (C=O) groups excluding carboxylic acids is 2. The first-order valence-electron chi connectivity index (χ1n) is 6.80. The van der Waals surface area contributed by atoms with E-state index < -0.39 is 11.7 Å². The number of hydrogen-bond donors (Lipinski definition) is 1. The first-order chi connectivity index (χ1) is 10.5. The maximum atomic E-state index is 13.7. The van der Waals surface area contributed by atoms with Crippen LogP contribution in [0.4, 0.5) is 9.52 Å². The van der Waals surface area contributed by atoms with E-state index in [1.807, 2.05) is 0 Å². The summed E-state index contributed by atoms with van der Waals surface area (Å²) in [5.41, 5.74) is 0.888. The van der Waals surface area contributed by atoms with Gasteiger partial charge in [0.05, 0.1) is 17.0 Å². The van der Waals surface area contributed by atoms with Crippen molar-refractivity contribution in [2.24, 2.45) is 0 Å². The Morgan fingerprint density at radius 3 is 2.95 bits per heavy atom. The number of benzene rings is 1. The molecule has 1 aliphatic rings. The van der Waals surface area contributed by atoms with Crippen molar-refractivity contribution in [3.8, 4) is 0 Å². The lowest BCUT2D eigenvalue weighted by atomic mass is 10.0. The first-order valence-corrected chi connectivity index (χ1v) is 7.99. The molecule has 2 aromatic rings. The highest BCUT2D eigenvalue weighted by atomic mass is 35.5. The van der Waals surface area contributed by atoms with Crippen LogP contribution in [0.3, 0.4) is 0 Å². The fourth-order valence-electron chi connectivity index (χ4n) is 2.35. The van der Waals surface area contributed by atoms with Crippen LogP contribution in [-0.4, -0.2) is 16.7 Å². The van der Waals surface area contributed by atoms with Crippen LogP contribution >= 0.6 is 22.9 Å². The van der Waals surface area contributed by atoms with E-state index in [0.29, 0.717) is 16.4 Å². The summed E-state index contributed by atoms with van der Waals surface area (Å²) >= 11 is 7.07. The maximum absolute atomic E-state index is 13.7. The van der Waals surface area contributed by atoms with Crippen LogP contribution in [-0.2, 0) is 17.6 Å². The molecule has 0 saturated carbocycles. The van der Waals surface area contributed by atoms with Crippen LogP contribution in [0.25, 0.3) is 0 Å². The number of hydrogen-bond acceptors (Lipinski definition) is 4. The van der Waals surface area contributed by atoms with Gasteiger partial charge in [0.25, 0.3) is 0 Å². The zero-order chi connectivity index (χ0) is 15.7. The zero-order valence-corrected chi connectivity index (χ0v) is 13.1. The van der Waals surface area contributed by atoms with E-state index in [-0.39, 0.29) is 22.8 Å². The van der Waals surface area contributed by atoms with E-state index in [4.69, 9.17) is 11.6 Å². The zero-order valence-electron chi connectivity index (χ0n) is 11.5. The highest BCUT2D eigenvalue weighted by Crippen LogP contribution is 2.29. The molecule has 3 rings (SSSR count). The van der Waals surface area contributed by atoms with Crippen molar-refractivity contribution >= 4 is 39.8 Å². The second-order valence-corrected chi connectivity index (χ2v) is 6.40. The van der Waals surface area contributed by atoms with E-state index in [9.17, 15) is 14.0 Å². The number of halogens is 2. The molecule has 1 aliphatic carbocycles. The van der Waals surface area contributed by atoms with Crippen LogP contribution in [0.5, 0.6) is 0 Å². The molecule has 7 heteroatoms. The summed E-state index contributed by atoms with van der Waals surface area (Å²) in [7, 11) is 0. The molecule has 0 saturated heterocycles. The number of fused-ring (bicyclic) bond motifs is 1.